The van der Waals surface area contributed by atoms with E-state index in [4.69, 9.17) is 5.11 Å². The van der Waals surface area contributed by atoms with Crippen LogP contribution in [0.15, 0.2) is 4.79 Å². The molecule has 0 aromatic carbocycles. The van der Waals surface area contributed by atoms with Crippen LogP contribution in [0.25, 0.3) is 0 Å². The Labute approximate surface area is 129 Å². The first-order chi connectivity index (χ1) is 9.80. The summed E-state index contributed by atoms with van der Waals surface area (Å²) in [6, 6.07) is 0. The molecule has 0 amide bonds. The summed E-state index contributed by atoms with van der Waals surface area (Å²) in [7, 11) is 0. The van der Waals surface area contributed by atoms with Gasteiger partial charge >= 0.3 is 11.7 Å². The zero-order valence-electron chi connectivity index (χ0n) is 13.4. The largest absolute Gasteiger partial charge is 0.481 e. The van der Waals surface area contributed by atoms with Crippen molar-refractivity contribution < 1.29 is 9.90 Å². The second-order valence-electron chi connectivity index (χ2n) is 5.29. The van der Waals surface area contributed by atoms with Crippen molar-refractivity contribution in [3.8, 4) is 0 Å². The van der Waals surface area contributed by atoms with E-state index in [1.165, 1.54) is 0 Å². The first kappa shape index (κ1) is 17.8. The van der Waals surface area contributed by atoms with Crippen LogP contribution >= 0.6 is 11.8 Å². The van der Waals surface area contributed by atoms with E-state index < -0.39 is 5.97 Å². The van der Waals surface area contributed by atoms with Crippen LogP contribution in [0.2, 0.25) is 0 Å². The highest BCUT2D eigenvalue weighted by atomic mass is 32.2. The summed E-state index contributed by atoms with van der Waals surface area (Å²) >= 11 is 1.75. The van der Waals surface area contributed by atoms with Gasteiger partial charge in [-0.15, -0.1) is 0 Å². The number of aromatic nitrogens is 2. The van der Waals surface area contributed by atoms with Gasteiger partial charge in [0.25, 0.3) is 0 Å². The molecule has 1 heterocycles. The van der Waals surface area contributed by atoms with E-state index in [0.29, 0.717) is 17.8 Å². The lowest BCUT2D eigenvalue weighted by molar-refractivity contribution is -0.136. The van der Waals surface area contributed by atoms with Gasteiger partial charge in [0.05, 0.1) is 6.42 Å². The topological polar surface area (TPSA) is 72.2 Å². The number of carbonyl (C=O) groups is 1. The maximum Gasteiger partial charge on any atom is 0.348 e. The molecule has 5 nitrogen and oxygen atoms in total. The van der Waals surface area contributed by atoms with Gasteiger partial charge in [0, 0.05) is 28.2 Å². The Kier molecular flexibility index (Phi) is 6.01. The summed E-state index contributed by atoms with van der Waals surface area (Å²) in [4.78, 5) is 27.2. The average molecular weight is 312 g/mol. The van der Waals surface area contributed by atoms with Gasteiger partial charge in [0.15, 0.2) is 0 Å². The molecule has 118 valence electrons. The lowest BCUT2D eigenvalue weighted by atomic mass is 10.0. The minimum atomic E-state index is -0.907. The summed E-state index contributed by atoms with van der Waals surface area (Å²) in [5, 5.41) is 9.03. The van der Waals surface area contributed by atoms with Gasteiger partial charge in [-0.05, 0) is 32.9 Å². The maximum atomic E-state index is 12.2. The number of rotatable bonds is 7. The molecule has 1 aromatic rings. The second kappa shape index (κ2) is 7.11. The molecule has 21 heavy (non-hydrogen) atoms. The molecule has 0 unspecified atom stereocenters. The first-order valence-electron chi connectivity index (χ1n) is 7.14. The molecule has 0 aliphatic carbocycles. The van der Waals surface area contributed by atoms with E-state index in [2.05, 4.69) is 18.8 Å². The summed E-state index contributed by atoms with van der Waals surface area (Å²) in [5.41, 5.74) is 1.58. The van der Waals surface area contributed by atoms with E-state index >= 15 is 0 Å². The molecule has 0 spiro atoms. The lowest BCUT2D eigenvalue weighted by Crippen LogP contribution is -2.37. The fourth-order valence-corrected chi connectivity index (χ4v) is 3.38. The van der Waals surface area contributed by atoms with Crippen LogP contribution in [0, 0.1) is 13.8 Å². The number of hydrogen-bond acceptors (Lipinski definition) is 4. The number of aliphatic carboxylic acids is 1. The molecule has 1 N–H and O–H groups in total. The second-order valence-corrected chi connectivity index (χ2v) is 6.57. The standard InChI is InChI=1S/C15H24N2O3S/c1-6-15(7-2,21-5)9-17-11(4)12(8-13(18)19)10(3)16-14(17)20/h6-9H2,1-5H3,(H,18,19). The SMILES string of the molecule is CCC(CC)(Cn1c(C)c(CC(=O)O)c(C)nc1=O)SC. The number of hydrogen-bond donors (Lipinski definition) is 1. The molecule has 0 saturated carbocycles. The van der Waals surface area contributed by atoms with Crippen molar-refractivity contribution >= 4 is 17.7 Å². The Morgan fingerprint density at radius 3 is 2.33 bits per heavy atom. The molecular weight excluding hydrogens is 288 g/mol. The molecule has 1 aromatic heterocycles. The van der Waals surface area contributed by atoms with Crippen LogP contribution in [0.4, 0.5) is 0 Å². The molecule has 6 heteroatoms. The molecule has 0 saturated heterocycles. The first-order valence-corrected chi connectivity index (χ1v) is 8.36. The number of carboxylic acid groups (broad SMARTS) is 1. The molecule has 0 atom stereocenters. The highest BCUT2D eigenvalue weighted by Gasteiger charge is 2.27. The van der Waals surface area contributed by atoms with E-state index in [1.807, 2.05) is 13.2 Å². The lowest BCUT2D eigenvalue weighted by Gasteiger charge is -2.31. The summed E-state index contributed by atoms with van der Waals surface area (Å²) < 4.78 is 1.61. The molecule has 0 bridgehead atoms. The van der Waals surface area contributed by atoms with E-state index in [0.717, 1.165) is 18.5 Å². The van der Waals surface area contributed by atoms with E-state index in [9.17, 15) is 9.59 Å². The quantitative estimate of drug-likeness (QED) is 0.837. The van der Waals surface area contributed by atoms with Crippen LogP contribution in [-0.2, 0) is 17.8 Å². The highest BCUT2D eigenvalue weighted by molar-refractivity contribution is 8.00. The monoisotopic (exact) mass is 312 g/mol. The molecule has 0 aliphatic rings. The molecule has 0 aliphatic heterocycles. The van der Waals surface area contributed by atoms with Crippen molar-refractivity contribution in [1.82, 2.24) is 9.55 Å². The van der Waals surface area contributed by atoms with E-state index in [-0.39, 0.29) is 16.9 Å². The minimum absolute atomic E-state index is 0.0218. The molecular formula is C15H24N2O3S. The zero-order chi connectivity index (χ0) is 16.2. The highest BCUT2D eigenvalue weighted by Crippen LogP contribution is 2.32. The predicted octanol–water partition coefficient (Wildman–Crippen LogP) is 2.41. The van der Waals surface area contributed by atoms with Gasteiger partial charge in [-0.25, -0.2) is 4.79 Å². The van der Waals surface area contributed by atoms with Gasteiger partial charge < -0.3 is 5.11 Å². The summed E-state index contributed by atoms with van der Waals surface area (Å²) in [6.45, 7) is 8.29. The van der Waals surface area contributed by atoms with E-state index in [1.54, 1.807) is 23.3 Å². The molecule has 1 rings (SSSR count). The van der Waals surface area contributed by atoms with Crippen molar-refractivity contribution in [1.29, 1.82) is 0 Å². The van der Waals surface area contributed by atoms with Gasteiger partial charge in [0.1, 0.15) is 0 Å². The zero-order valence-corrected chi connectivity index (χ0v) is 14.2. The summed E-state index contributed by atoms with van der Waals surface area (Å²) in [5.74, 6) is -0.907. The van der Waals surface area contributed by atoms with Crippen molar-refractivity contribution in [3.05, 3.63) is 27.4 Å². The number of aryl methyl sites for hydroxylation is 1. The third-order valence-corrected chi connectivity index (χ3v) is 5.84. The molecule has 0 radical (unpaired) electrons. The van der Waals surface area contributed by atoms with Crippen molar-refractivity contribution in [2.24, 2.45) is 0 Å². The van der Waals surface area contributed by atoms with Crippen LogP contribution in [0.3, 0.4) is 0 Å². The normalized spacial score (nSPS) is 11.7. The van der Waals surface area contributed by atoms with Crippen LogP contribution < -0.4 is 5.69 Å². The van der Waals surface area contributed by atoms with Gasteiger partial charge in [0.2, 0.25) is 0 Å². The van der Waals surface area contributed by atoms with Gasteiger partial charge in [-0.3, -0.25) is 9.36 Å². The van der Waals surface area contributed by atoms with Gasteiger partial charge in [-0.1, -0.05) is 13.8 Å². The van der Waals surface area contributed by atoms with Gasteiger partial charge in [-0.2, -0.15) is 16.7 Å². The Balaban J connectivity index is 3.36. The van der Waals surface area contributed by atoms with Crippen LogP contribution in [-0.4, -0.2) is 31.6 Å². The van der Waals surface area contributed by atoms with Crippen LogP contribution in [0.5, 0.6) is 0 Å². The van der Waals surface area contributed by atoms with Crippen LogP contribution in [0.1, 0.15) is 43.6 Å². The maximum absolute atomic E-state index is 12.2. The Morgan fingerprint density at radius 1 is 1.33 bits per heavy atom. The number of thioether (sulfide) groups is 1. The van der Waals surface area contributed by atoms with Crippen molar-refractivity contribution in [3.63, 3.8) is 0 Å². The Morgan fingerprint density at radius 2 is 1.90 bits per heavy atom. The number of carboxylic acids is 1. The van der Waals surface area contributed by atoms with Crippen molar-refractivity contribution in [2.45, 2.75) is 58.2 Å². The Hall–Kier alpha value is -1.30. The average Bonchev–Trinajstić information content (AvgIpc) is 2.44. The third kappa shape index (κ3) is 3.87. The predicted molar refractivity (Wildman–Crippen MR) is 86.1 cm³/mol. The Bertz CT molecular complexity index is 569. The minimum Gasteiger partial charge on any atom is -0.481 e. The van der Waals surface area contributed by atoms with Crippen molar-refractivity contribution in [2.75, 3.05) is 6.26 Å². The fraction of sp³-hybridized carbons (Fsp3) is 0.667. The summed E-state index contributed by atoms with van der Waals surface area (Å²) in [6.07, 6.45) is 3.83. The molecule has 0 fully saturated rings. The smallest absolute Gasteiger partial charge is 0.348 e. The fourth-order valence-electron chi connectivity index (χ4n) is 2.55. The number of nitrogens with zero attached hydrogens (tertiary/aromatic N) is 2. The third-order valence-electron chi connectivity index (χ3n) is 4.27.